The molecule has 0 aliphatic heterocycles. The number of aromatic nitrogens is 1. The molecule has 0 saturated heterocycles. The van der Waals surface area contributed by atoms with E-state index >= 15 is 0 Å². The van der Waals surface area contributed by atoms with Gasteiger partial charge in [-0.3, -0.25) is 9.78 Å². The van der Waals surface area contributed by atoms with Gasteiger partial charge in [0.15, 0.2) is 0 Å². The summed E-state index contributed by atoms with van der Waals surface area (Å²) in [5.74, 6) is 1.36. The highest BCUT2D eigenvalue weighted by Crippen LogP contribution is 2.21. The van der Waals surface area contributed by atoms with Gasteiger partial charge in [0.05, 0.1) is 31.2 Å². The van der Waals surface area contributed by atoms with Gasteiger partial charge < -0.3 is 20.1 Å². The number of pyridine rings is 1. The Morgan fingerprint density at radius 3 is 2.57 bits per heavy atom. The molecule has 6 nitrogen and oxygen atoms in total. The van der Waals surface area contributed by atoms with Gasteiger partial charge in [0, 0.05) is 24.0 Å². The van der Waals surface area contributed by atoms with Crippen molar-refractivity contribution in [2.24, 2.45) is 0 Å². The average molecular weight is 377 g/mol. The maximum absolute atomic E-state index is 12.5. The molecule has 0 aliphatic carbocycles. The zero-order valence-corrected chi connectivity index (χ0v) is 15.9. The van der Waals surface area contributed by atoms with E-state index < -0.39 is 0 Å². The Morgan fingerprint density at radius 2 is 1.82 bits per heavy atom. The van der Waals surface area contributed by atoms with Gasteiger partial charge in [0.25, 0.3) is 5.91 Å². The molecule has 0 aliphatic rings. The van der Waals surface area contributed by atoms with Crippen LogP contribution >= 0.6 is 0 Å². The first-order chi connectivity index (χ1) is 13.7. The predicted octanol–water partition coefficient (Wildman–Crippen LogP) is 4.16. The number of rotatable bonds is 8. The number of ether oxygens (including phenoxy) is 2. The van der Waals surface area contributed by atoms with Crippen molar-refractivity contribution in [3.8, 4) is 11.5 Å². The number of para-hydroxylation sites is 1. The standard InChI is InChI=1S/C22H23N3O3/c1-3-28-20-10-8-18(9-11-20)25-19-12-17(13-23-15-19)22(26)24-14-16-6-4-5-7-21(16)27-2/h4-13,15,25H,3,14H2,1-2H3,(H,24,26). The fraction of sp³-hybridized carbons (Fsp3) is 0.182. The molecule has 1 amide bonds. The number of methoxy groups -OCH3 is 1. The molecular formula is C22H23N3O3. The Labute approximate surface area is 164 Å². The van der Waals surface area contributed by atoms with E-state index in [-0.39, 0.29) is 5.91 Å². The van der Waals surface area contributed by atoms with E-state index in [1.165, 1.54) is 0 Å². The van der Waals surface area contributed by atoms with Crippen molar-refractivity contribution in [3.63, 3.8) is 0 Å². The molecular weight excluding hydrogens is 354 g/mol. The number of nitrogens with one attached hydrogen (secondary N) is 2. The topological polar surface area (TPSA) is 72.5 Å². The molecule has 1 aromatic heterocycles. The third-order valence-electron chi connectivity index (χ3n) is 4.09. The molecule has 3 aromatic rings. The highest BCUT2D eigenvalue weighted by Gasteiger charge is 2.09. The smallest absolute Gasteiger partial charge is 0.253 e. The molecule has 3 rings (SSSR count). The van der Waals surface area contributed by atoms with E-state index in [0.717, 1.165) is 28.4 Å². The summed E-state index contributed by atoms with van der Waals surface area (Å²) in [6, 6.07) is 17.0. The van der Waals surface area contributed by atoms with Crippen LogP contribution in [-0.4, -0.2) is 24.6 Å². The molecule has 0 radical (unpaired) electrons. The fourth-order valence-corrected chi connectivity index (χ4v) is 2.73. The lowest BCUT2D eigenvalue weighted by Gasteiger charge is -2.11. The van der Waals surface area contributed by atoms with E-state index in [9.17, 15) is 4.79 Å². The summed E-state index contributed by atoms with van der Waals surface area (Å²) in [4.78, 5) is 16.7. The average Bonchev–Trinajstić information content (AvgIpc) is 2.74. The number of anilines is 2. The third-order valence-corrected chi connectivity index (χ3v) is 4.09. The first-order valence-corrected chi connectivity index (χ1v) is 9.04. The van der Waals surface area contributed by atoms with Gasteiger partial charge in [0.1, 0.15) is 11.5 Å². The number of carbonyl (C=O) groups excluding carboxylic acids is 1. The quantitative estimate of drug-likeness (QED) is 0.617. The summed E-state index contributed by atoms with van der Waals surface area (Å²) in [7, 11) is 1.61. The Balaban J connectivity index is 1.64. The van der Waals surface area contributed by atoms with Crippen LogP contribution in [0.1, 0.15) is 22.8 Å². The molecule has 0 fully saturated rings. The summed E-state index contributed by atoms with van der Waals surface area (Å²) < 4.78 is 10.7. The number of amides is 1. The molecule has 0 saturated carbocycles. The lowest BCUT2D eigenvalue weighted by Crippen LogP contribution is -2.23. The number of benzene rings is 2. The maximum atomic E-state index is 12.5. The molecule has 0 spiro atoms. The lowest BCUT2D eigenvalue weighted by atomic mass is 10.2. The summed E-state index contributed by atoms with van der Waals surface area (Å²) in [5, 5.41) is 6.14. The van der Waals surface area contributed by atoms with Crippen LogP contribution in [0.25, 0.3) is 0 Å². The second-order valence-electron chi connectivity index (χ2n) is 6.04. The van der Waals surface area contributed by atoms with Crippen molar-refractivity contribution in [1.82, 2.24) is 10.3 Å². The van der Waals surface area contributed by atoms with Gasteiger partial charge >= 0.3 is 0 Å². The van der Waals surface area contributed by atoms with E-state index in [4.69, 9.17) is 9.47 Å². The van der Waals surface area contributed by atoms with Crippen LogP contribution in [-0.2, 0) is 6.54 Å². The Morgan fingerprint density at radius 1 is 1.04 bits per heavy atom. The zero-order chi connectivity index (χ0) is 19.8. The minimum Gasteiger partial charge on any atom is -0.496 e. The molecule has 2 N–H and O–H groups in total. The van der Waals surface area contributed by atoms with Crippen LogP contribution in [0.15, 0.2) is 67.0 Å². The first kappa shape index (κ1) is 19.2. The Kier molecular flexibility index (Phi) is 6.46. The fourth-order valence-electron chi connectivity index (χ4n) is 2.73. The van der Waals surface area contributed by atoms with Crippen LogP contribution < -0.4 is 20.1 Å². The summed E-state index contributed by atoms with van der Waals surface area (Å²) in [5.41, 5.74) is 3.01. The largest absolute Gasteiger partial charge is 0.496 e. The van der Waals surface area contributed by atoms with Crippen molar-refractivity contribution < 1.29 is 14.3 Å². The van der Waals surface area contributed by atoms with Crippen LogP contribution in [0.5, 0.6) is 11.5 Å². The summed E-state index contributed by atoms with van der Waals surface area (Å²) in [6.07, 6.45) is 3.22. The number of nitrogens with zero attached hydrogens (tertiary/aromatic N) is 1. The number of carbonyl (C=O) groups is 1. The maximum Gasteiger partial charge on any atom is 0.253 e. The minimum absolute atomic E-state index is 0.200. The molecule has 0 unspecified atom stereocenters. The van der Waals surface area contributed by atoms with Crippen molar-refractivity contribution >= 4 is 17.3 Å². The second kappa shape index (κ2) is 9.41. The molecule has 144 valence electrons. The van der Waals surface area contributed by atoms with Gasteiger partial charge in [-0.2, -0.15) is 0 Å². The van der Waals surface area contributed by atoms with Crippen molar-refractivity contribution in [2.75, 3.05) is 19.0 Å². The summed E-state index contributed by atoms with van der Waals surface area (Å²) >= 11 is 0. The number of hydrogen-bond acceptors (Lipinski definition) is 5. The molecule has 0 bridgehead atoms. The van der Waals surface area contributed by atoms with Gasteiger partial charge in [-0.1, -0.05) is 18.2 Å². The molecule has 6 heteroatoms. The van der Waals surface area contributed by atoms with E-state index in [1.807, 2.05) is 55.5 Å². The van der Waals surface area contributed by atoms with Crippen LogP contribution in [0.2, 0.25) is 0 Å². The predicted molar refractivity (Wildman–Crippen MR) is 109 cm³/mol. The van der Waals surface area contributed by atoms with Crippen molar-refractivity contribution in [1.29, 1.82) is 0 Å². The molecule has 0 atom stereocenters. The van der Waals surface area contributed by atoms with E-state index in [0.29, 0.717) is 18.7 Å². The monoisotopic (exact) mass is 377 g/mol. The molecule has 2 aromatic carbocycles. The van der Waals surface area contributed by atoms with Gasteiger partial charge in [-0.15, -0.1) is 0 Å². The number of hydrogen-bond donors (Lipinski definition) is 2. The van der Waals surface area contributed by atoms with E-state index in [2.05, 4.69) is 15.6 Å². The van der Waals surface area contributed by atoms with Crippen LogP contribution in [0.3, 0.4) is 0 Å². The third kappa shape index (κ3) is 5.01. The Hall–Kier alpha value is -3.54. The highest BCUT2D eigenvalue weighted by atomic mass is 16.5. The Bertz CT molecular complexity index is 926. The van der Waals surface area contributed by atoms with Crippen LogP contribution in [0, 0.1) is 0 Å². The first-order valence-electron chi connectivity index (χ1n) is 9.04. The molecule has 1 heterocycles. The van der Waals surface area contributed by atoms with Crippen molar-refractivity contribution in [3.05, 3.63) is 78.1 Å². The van der Waals surface area contributed by atoms with Gasteiger partial charge in [-0.05, 0) is 43.3 Å². The van der Waals surface area contributed by atoms with E-state index in [1.54, 1.807) is 25.6 Å². The zero-order valence-electron chi connectivity index (χ0n) is 15.9. The normalized spacial score (nSPS) is 10.2. The van der Waals surface area contributed by atoms with Gasteiger partial charge in [-0.25, -0.2) is 0 Å². The van der Waals surface area contributed by atoms with Gasteiger partial charge in [0.2, 0.25) is 0 Å². The lowest BCUT2D eigenvalue weighted by molar-refractivity contribution is 0.0950. The SMILES string of the molecule is CCOc1ccc(Nc2cncc(C(=O)NCc3ccccc3OC)c2)cc1. The van der Waals surface area contributed by atoms with Crippen molar-refractivity contribution in [2.45, 2.75) is 13.5 Å². The second-order valence-corrected chi connectivity index (χ2v) is 6.04. The summed E-state index contributed by atoms with van der Waals surface area (Å²) in [6.45, 7) is 2.95. The molecule has 28 heavy (non-hydrogen) atoms. The minimum atomic E-state index is -0.200. The van der Waals surface area contributed by atoms with Crippen LogP contribution in [0.4, 0.5) is 11.4 Å². The highest BCUT2D eigenvalue weighted by molar-refractivity contribution is 5.94.